The second-order valence-corrected chi connectivity index (χ2v) is 7.78. The zero-order chi connectivity index (χ0) is 21.2. The second-order valence-electron chi connectivity index (χ2n) is 6.68. The van der Waals surface area contributed by atoms with Crippen molar-refractivity contribution >= 4 is 24.0 Å². The molecule has 1 unspecified atom stereocenters. The minimum atomic E-state index is -1.63. The third-order valence-corrected chi connectivity index (χ3v) is 5.18. The molecular formula is C17H30NNaO9S. The van der Waals surface area contributed by atoms with E-state index >= 15 is 0 Å². The molecule has 1 heterocycles. The fraction of sp³-hybridized carbons (Fsp3) is 0.882. The summed E-state index contributed by atoms with van der Waals surface area (Å²) in [5.41, 5.74) is -1.50. The molecule has 1 aliphatic rings. The number of thioether (sulfide) groups is 1. The molecule has 0 aromatic rings. The van der Waals surface area contributed by atoms with Gasteiger partial charge in [-0.3, -0.25) is 4.79 Å². The molecule has 0 spiro atoms. The van der Waals surface area contributed by atoms with E-state index in [0.717, 1.165) is 0 Å². The molecule has 0 aliphatic carbocycles. The van der Waals surface area contributed by atoms with Crippen LogP contribution in [0.5, 0.6) is 0 Å². The number of carbonyl (C=O) groups excluding carboxylic acids is 2. The van der Waals surface area contributed by atoms with Gasteiger partial charge >= 0.3 is 29.6 Å². The van der Waals surface area contributed by atoms with Crippen molar-refractivity contribution in [3.63, 3.8) is 0 Å². The van der Waals surface area contributed by atoms with Crippen molar-refractivity contribution in [1.82, 2.24) is 5.32 Å². The summed E-state index contributed by atoms with van der Waals surface area (Å²) in [6.45, 7) is 2.04. The summed E-state index contributed by atoms with van der Waals surface area (Å²) in [5.74, 6) is 0.247. The molecule has 6 atom stereocenters. The summed E-state index contributed by atoms with van der Waals surface area (Å²) in [6.07, 6.45) is -4.18. The molecule has 1 amide bonds. The van der Waals surface area contributed by atoms with Gasteiger partial charge in [0.15, 0.2) is 0 Å². The van der Waals surface area contributed by atoms with E-state index in [0.29, 0.717) is 25.6 Å². The molecule has 1 fully saturated rings. The number of methoxy groups -OCH3 is 1. The van der Waals surface area contributed by atoms with Gasteiger partial charge in [-0.15, -0.1) is 11.8 Å². The summed E-state index contributed by atoms with van der Waals surface area (Å²) in [5, 5.41) is 42.0. The Morgan fingerprint density at radius 3 is 2.66 bits per heavy atom. The number of aliphatic hydroxyl groups is 4. The van der Waals surface area contributed by atoms with E-state index in [1.54, 1.807) is 13.4 Å². The summed E-state index contributed by atoms with van der Waals surface area (Å²) < 4.78 is 15.6. The molecule has 0 saturated carbocycles. The van der Waals surface area contributed by atoms with E-state index < -0.39 is 48.6 Å². The van der Waals surface area contributed by atoms with E-state index in [9.17, 15) is 24.9 Å². The Morgan fingerprint density at radius 1 is 1.38 bits per heavy atom. The number of nitrogens with one attached hydrogen (secondary N) is 1. The third kappa shape index (κ3) is 9.92. The van der Waals surface area contributed by atoms with E-state index in [-0.39, 0.29) is 41.7 Å². The Hall–Kier alpha value is 0.210. The van der Waals surface area contributed by atoms with Crippen molar-refractivity contribution in [3.8, 4) is 0 Å². The maximum absolute atomic E-state index is 12.2. The van der Waals surface area contributed by atoms with Gasteiger partial charge in [-0.2, -0.15) is 0 Å². The van der Waals surface area contributed by atoms with E-state index in [1.807, 2.05) is 0 Å². The predicted molar refractivity (Wildman–Crippen MR) is 101 cm³/mol. The molecule has 0 aromatic heterocycles. The monoisotopic (exact) mass is 447 g/mol. The van der Waals surface area contributed by atoms with E-state index in [2.05, 4.69) is 5.32 Å². The van der Waals surface area contributed by atoms with Gasteiger partial charge in [0.25, 0.3) is 0 Å². The fourth-order valence-electron chi connectivity index (χ4n) is 2.77. The largest absolute Gasteiger partial charge is 1.00 e. The average Bonchev–Trinajstić information content (AvgIpc) is 2.68. The average molecular weight is 447 g/mol. The van der Waals surface area contributed by atoms with Crippen LogP contribution in [0.25, 0.3) is 0 Å². The smallest absolute Gasteiger partial charge is 0.539 e. The minimum Gasteiger partial charge on any atom is -0.539 e. The molecule has 0 radical (unpaired) electrons. The second kappa shape index (κ2) is 15.1. The fourth-order valence-corrected chi connectivity index (χ4v) is 3.42. The topological polar surface area (TPSA) is 155 Å². The van der Waals surface area contributed by atoms with Crippen LogP contribution in [0.15, 0.2) is 0 Å². The van der Waals surface area contributed by atoms with Crippen LogP contribution in [0.3, 0.4) is 0 Å². The SMILES string of the molecule is COCCOCCSCC(=O)N[C@H]1C([C@H](O)[C@H](O)CO)O[C@](C)([C-]=O)C[C@@H]1O.[Na+]. The number of hydrogen-bond donors (Lipinski definition) is 5. The summed E-state index contributed by atoms with van der Waals surface area (Å²) >= 11 is 1.32. The zero-order valence-electron chi connectivity index (χ0n) is 17.1. The van der Waals surface area contributed by atoms with E-state index in [1.165, 1.54) is 18.7 Å². The van der Waals surface area contributed by atoms with Crippen molar-refractivity contribution < 1.29 is 73.8 Å². The van der Waals surface area contributed by atoms with Gasteiger partial charge in [0.2, 0.25) is 5.91 Å². The van der Waals surface area contributed by atoms with Gasteiger partial charge in [0.1, 0.15) is 18.3 Å². The van der Waals surface area contributed by atoms with Crippen molar-refractivity contribution in [1.29, 1.82) is 0 Å². The maximum atomic E-state index is 12.2. The van der Waals surface area contributed by atoms with Crippen LogP contribution in [-0.4, -0.2) is 114 Å². The first-order valence-electron chi connectivity index (χ1n) is 8.94. The van der Waals surface area contributed by atoms with E-state index in [4.69, 9.17) is 19.3 Å². The normalized spacial score (nSPS) is 28.8. The number of amides is 1. The molecule has 1 saturated heterocycles. The first-order chi connectivity index (χ1) is 13.3. The van der Waals surface area contributed by atoms with Gasteiger partial charge in [-0.1, -0.05) is 6.92 Å². The van der Waals surface area contributed by atoms with Crippen LogP contribution in [0.2, 0.25) is 0 Å². The first-order valence-corrected chi connectivity index (χ1v) is 10.1. The Morgan fingerprint density at radius 2 is 2.07 bits per heavy atom. The zero-order valence-corrected chi connectivity index (χ0v) is 19.9. The molecule has 10 nitrogen and oxygen atoms in total. The van der Waals surface area contributed by atoms with Gasteiger partial charge in [0.05, 0.1) is 44.3 Å². The minimum absolute atomic E-state index is 0. The molecule has 12 heteroatoms. The Balaban J connectivity index is 0.00000784. The van der Waals surface area contributed by atoms with Crippen LogP contribution >= 0.6 is 11.8 Å². The van der Waals surface area contributed by atoms with Crippen LogP contribution in [0.1, 0.15) is 13.3 Å². The Labute approximate surface area is 196 Å². The Kier molecular flexibility index (Phi) is 15.2. The molecule has 164 valence electrons. The number of carbonyl (C=O) groups is 1. The van der Waals surface area contributed by atoms with Crippen LogP contribution < -0.4 is 34.9 Å². The standard InChI is InChI=1S/C17H30NO9S.Na/c1-17(10-20)7-11(21)14(16(27-17)15(24)12(22)8-19)18-13(23)9-28-6-5-26-4-3-25-2;/h11-12,14-16,19,21-22,24H,3-9H2,1-2H3,(H,18,23);/q-1;+1/t11-,12+,14+,15+,16?,17-;/m0./s1. The van der Waals surface area contributed by atoms with Gasteiger partial charge in [0, 0.05) is 12.9 Å². The van der Waals surface area contributed by atoms with Gasteiger partial charge in [-0.25, -0.2) is 6.29 Å². The molecule has 0 aromatic carbocycles. The number of hydrogen-bond acceptors (Lipinski definition) is 10. The van der Waals surface area contributed by atoms with Gasteiger partial charge in [-0.05, 0) is 12.0 Å². The molecule has 29 heavy (non-hydrogen) atoms. The third-order valence-electron chi connectivity index (χ3n) is 4.26. The summed E-state index contributed by atoms with van der Waals surface area (Å²) in [4.78, 5) is 23.4. The molecule has 1 rings (SSSR count). The van der Waals surface area contributed by atoms with Crippen LogP contribution in [0.4, 0.5) is 0 Å². The number of aliphatic hydroxyl groups excluding tert-OH is 4. The number of ether oxygens (including phenoxy) is 3. The van der Waals surface area contributed by atoms with Crippen molar-refractivity contribution in [3.05, 3.63) is 0 Å². The number of rotatable bonds is 13. The Bertz CT molecular complexity index is 490. The predicted octanol–water partition coefficient (Wildman–Crippen LogP) is -5.40. The van der Waals surface area contributed by atoms with Crippen molar-refractivity contribution in [2.75, 3.05) is 45.0 Å². The molecule has 1 aliphatic heterocycles. The van der Waals surface area contributed by atoms with Crippen LogP contribution in [-0.2, 0) is 23.8 Å². The van der Waals surface area contributed by atoms with Crippen molar-refractivity contribution in [2.24, 2.45) is 0 Å². The van der Waals surface area contributed by atoms with Crippen LogP contribution in [0, 0.1) is 0 Å². The summed E-state index contributed by atoms with van der Waals surface area (Å²) in [7, 11) is 1.57. The quantitative estimate of drug-likeness (QED) is 0.105. The molecular weight excluding hydrogens is 417 g/mol. The van der Waals surface area contributed by atoms with Gasteiger partial charge < -0.3 is 44.7 Å². The first kappa shape index (κ1) is 29.2. The maximum Gasteiger partial charge on any atom is 1.00 e. The summed E-state index contributed by atoms with van der Waals surface area (Å²) in [6, 6.07) is -1.07. The molecule has 0 bridgehead atoms. The molecule has 5 N–H and O–H groups in total. The van der Waals surface area contributed by atoms with Crippen molar-refractivity contribution in [2.45, 2.75) is 49.4 Å².